The molecule has 0 unspecified atom stereocenters. The van der Waals surface area contributed by atoms with E-state index < -0.39 is 0 Å². The van der Waals surface area contributed by atoms with E-state index in [1.54, 1.807) is 0 Å². The number of nitrogens with one attached hydrogen (secondary N) is 2. The van der Waals surface area contributed by atoms with Gasteiger partial charge in [0.15, 0.2) is 0 Å². The topological polar surface area (TPSA) is 54.0 Å². The predicted molar refractivity (Wildman–Crippen MR) is 81.4 cm³/mol. The minimum Gasteiger partial charge on any atom is -0.383 e. The lowest BCUT2D eigenvalue weighted by molar-refractivity contribution is -0.118. The van der Waals surface area contributed by atoms with Gasteiger partial charge in [-0.2, -0.15) is 0 Å². The third kappa shape index (κ3) is 3.44. The van der Waals surface area contributed by atoms with Crippen LogP contribution in [0.15, 0.2) is 28.7 Å². The van der Waals surface area contributed by atoms with Gasteiger partial charge in [-0.25, -0.2) is 0 Å². The monoisotopic (exact) mass is 321 g/mol. The lowest BCUT2D eigenvalue weighted by atomic mass is 10.1. The Bertz CT molecular complexity index is 613. The van der Waals surface area contributed by atoms with E-state index in [2.05, 4.69) is 31.5 Å². The van der Waals surface area contributed by atoms with E-state index in [-0.39, 0.29) is 5.91 Å². The third-order valence-corrected chi connectivity index (χ3v) is 3.37. The molecule has 0 saturated heterocycles. The van der Waals surface area contributed by atoms with E-state index in [9.17, 15) is 4.79 Å². The van der Waals surface area contributed by atoms with Gasteiger partial charge in [-0.05, 0) is 35.0 Å². The Balaban J connectivity index is 2.22. The average molecular weight is 322 g/mol. The molecule has 2 N–H and O–H groups in total. The highest BCUT2D eigenvalue weighted by Gasteiger charge is 2.06. The van der Waals surface area contributed by atoms with Crippen molar-refractivity contribution in [1.82, 2.24) is 10.3 Å². The van der Waals surface area contributed by atoms with Crippen molar-refractivity contribution in [3.63, 3.8) is 0 Å². The van der Waals surface area contributed by atoms with E-state index in [1.165, 1.54) is 6.92 Å². The molecule has 1 amide bonds. The molecule has 19 heavy (non-hydrogen) atoms. The van der Waals surface area contributed by atoms with Crippen molar-refractivity contribution in [2.24, 2.45) is 0 Å². The third-order valence-electron chi connectivity index (χ3n) is 2.73. The molecule has 1 aromatic carbocycles. The van der Waals surface area contributed by atoms with Crippen LogP contribution in [0.3, 0.4) is 0 Å². The molecule has 0 fully saturated rings. The molecule has 2 rings (SSSR count). The van der Waals surface area contributed by atoms with E-state index in [0.29, 0.717) is 13.1 Å². The quantitative estimate of drug-likeness (QED) is 0.851. The summed E-state index contributed by atoms with van der Waals surface area (Å²) in [5.41, 5.74) is 2.94. The smallest absolute Gasteiger partial charge is 0.216 e. The number of aryl methyl sites for hydroxylation is 1. The van der Waals surface area contributed by atoms with Gasteiger partial charge in [0, 0.05) is 41.3 Å². The number of fused-ring (bicyclic) bond motifs is 1. The van der Waals surface area contributed by atoms with Gasteiger partial charge >= 0.3 is 0 Å². The van der Waals surface area contributed by atoms with Gasteiger partial charge in [0.1, 0.15) is 0 Å². The number of aromatic nitrogens is 1. The molecule has 0 atom stereocenters. The maximum absolute atomic E-state index is 10.8. The number of hydrogen-bond acceptors (Lipinski definition) is 3. The largest absolute Gasteiger partial charge is 0.383 e. The maximum Gasteiger partial charge on any atom is 0.216 e. The zero-order valence-electron chi connectivity index (χ0n) is 11.0. The van der Waals surface area contributed by atoms with Crippen LogP contribution in [0.2, 0.25) is 0 Å². The standard InChI is InChI=1S/C14H16BrN3O/c1-9-8-13(17-7-6-16-10(2)19)11-4-3-5-12(15)14(11)18-9/h3-5,8H,6-7H2,1-2H3,(H,16,19)(H,17,18). The number of pyridine rings is 1. The van der Waals surface area contributed by atoms with Crippen LogP contribution >= 0.6 is 15.9 Å². The van der Waals surface area contributed by atoms with Gasteiger partial charge in [0.25, 0.3) is 0 Å². The SMILES string of the molecule is CC(=O)NCCNc1cc(C)nc2c(Br)cccc12. The molecular formula is C14H16BrN3O. The Kier molecular flexibility index (Phi) is 4.37. The average Bonchev–Trinajstić information content (AvgIpc) is 2.35. The fourth-order valence-electron chi connectivity index (χ4n) is 1.92. The number of nitrogens with zero attached hydrogens (tertiary/aromatic N) is 1. The van der Waals surface area contributed by atoms with Gasteiger partial charge in [0.2, 0.25) is 5.91 Å². The van der Waals surface area contributed by atoms with Crippen molar-refractivity contribution < 1.29 is 4.79 Å². The van der Waals surface area contributed by atoms with Crippen LogP contribution < -0.4 is 10.6 Å². The number of carbonyl (C=O) groups is 1. The number of halogens is 1. The summed E-state index contributed by atoms with van der Waals surface area (Å²) in [5.74, 6) is -0.0136. The molecule has 0 spiro atoms. The predicted octanol–water partition coefficient (Wildman–Crippen LogP) is 2.85. The number of benzene rings is 1. The highest BCUT2D eigenvalue weighted by atomic mass is 79.9. The van der Waals surface area contributed by atoms with Crippen LogP contribution in [-0.4, -0.2) is 24.0 Å². The Morgan fingerprint density at radius 1 is 1.37 bits per heavy atom. The van der Waals surface area contributed by atoms with E-state index in [1.807, 2.05) is 31.2 Å². The molecular weight excluding hydrogens is 306 g/mol. The van der Waals surface area contributed by atoms with Crippen LogP contribution in [0, 0.1) is 6.92 Å². The summed E-state index contributed by atoms with van der Waals surface area (Å²) in [5, 5.41) is 7.17. The second-order valence-corrected chi connectivity index (χ2v) is 5.21. The lowest BCUT2D eigenvalue weighted by Gasteiger charge is -2.11. The van der Waals surface area contributed by atoms with Crippen LogP contribution in [-0.2, 0) is 4.79 Å². The summed E-state index contributed by atoms with van der Waals surface area (Å²) in [6, 6.07) is 8.02. The fourth-order valence-corrected chi connectivity index (χ4v) is 2.38. The minimum absolute atomic E-state index is 0.0136. The molecule has 1 aromatic heterocycles. The second kappa shape index (κ2) is 6.02. The zero-order chi connectivity index (χ0) is 13.8. The number of rotatable bonds is 4. The van der Waals surface area contributed by atoms with Gasteiger partial charge < -0.3 is 10.6 Å². The number of hydrogen-bond donors (Lipinski definition) is 2. The first-order valence-electron chi connectivity index (χ1n) is 6.12. The van der Waals surface area contributed by atoms with Crippen molar-refractivity contribution in [2.75, 3.05) is 18.4 Å². The van der Waals surface area contributed by atoms with Crippen LogP contribution in [0.1, 0.15) is 12.6 Å². The summed E-state index contributed by atoms with van der Waals surface area (Å²) < 4.78 is 0.985. The van der Waals surface area contributed by atoms with Crippen molar-refractivity contribution in [2.45, 2.75) is 13.8 Å². The molecule has 0 aliphatic carbocycles. The number of amides is 1. The molecule has 5 heteroatoms. The minimum atomic E-state index is -0.0136. The van der Waals surface area contributed by atoms with Crippen molar-refractivity contribution in [3.05, 3.63) is 34.4 Å². The lowest BCUT2D eigenvalue weighted by Crippen LogP contribution is -2.26. The molecule has 0 aliphatic rings. The first-order chi connectivity index (χ1) is 9.08. The van der Waals surface area contributed by atoms with Crippen molar-refractivity contribution >= 4 is 38.4 Å². The maximum atomic E-state index is 10.8. The van der Waals surface area contributed by atoms with Crippen molar-refractivity contribution in [1.29, 1.82) is 0 Å². The molecule has 100 valence electrons. The summed E-state index contributed by atoms with van der Waals surface area (Å²) in [7, 11) is 0. The van der Waals surface area contributed by atoms with Crippen LogP contribution in [0.5, 0.6) is 0 Å². The van der Waals surface area contributed by atoms with Gasteiger partial charge in [-0.1, -0.05) is 12.1 Å². The van der Waals surface area contributed by atoms with Crippen LogP contribution in [0.25, 0.3) is 10.9 Å². The van der Waals surface area contributed by atoms with Gasteiger partial charge in [-0.3, -0.25) is 9.78 Å². The van der Waals surface area contributed by atoms with Crippen LogP contribution in [0.4, 0.5) is 5.69 Å². The van der Waals surface area contributed by atoms with Gasteiger partial charge in [0.05, 0.1) is 5.52 Å². The number of carbonyl (C=O) groups excluding carboxylic acids is 1. The summed E-state index contributed by atoms with van der Waals surface area (Å²) in [6.45, 7) is 4.78. The summed E-state index contributed by atoms with van der Waals surface area (Å²) >= 11 is 3.52. The summed E-state index contributed by atoms with van der Waals surface area (Å²) in [6.07, 6.45) is 0. The Hall–Kier alpha value is -1.62. The van der Waals surface area contributed by atoms with E-state index in [4.69, 9.17) is 0 Å². The highest BCUT2D eigenvalue weighted by Crippen LogP contribution is 2.28. The molecule has 2 aromatic rings. The molecule has 0 bridgehead atoms. The number of para-hydroxylation sites is 1. The number of anilines is 1. The first-order valence-corrected chi connectivity index (χ1v) is 6.91. The Labute approximate surface area is 120 Å². The first kappa shape index (κ1) is 13.8. The Morgan fingerprint density at radius 3 is 2.89 bits per heavy atom. The molecule has 0 aliphatic heterocycles. The molecule has 4 nitrogen and oxygen atoms in total. The second-order valence-electron chi connectivity index (χ2n) is 4.36. The normalized spacial score (nSPS) is 10.5. The fraction of sp³-hybridized carbons (Fsp3) is 0.286. The summed E-state index contributed by atoms with van der Waals surface area (Å²) in [4.78, 5) is 15.3. The van der Waals surface area contributed by atoms with E-state index in [0.717, 1.165) is 26.8 Å². The molecule has 1 heterocycles. The molecule has 0 radical (unpaired) electrons. The zero-order valence-corrected chi connectivity index (χ0v) is 12.5. The van der Waals surface area contributed by atoms with Crippen molar-refractivity contribution in [3.8, 4) is 0 Å². The van der Waals surface area contributed by atoms with Gasteiger partial charge in [-0.15, -0.1) is 0 Å². The molecule has 0 saturated carbocycles. The highest BCUT2D eigenvalue weighted by molar-refractivity contribution is 9.10. The Morgan fingerprint density at radius 2 is 2.16 bits per heavy atom. The van der Waals surface area contributed by atoms with E-state index >= 15 is 0 Å².